The summed E-state index contributed by atoms with van der Waals surface area (Å²) < 4.78 is 0. The van der Waals surface area contributed by atoms with Crippen molar-refractivity contribution < 1.29 is 0 Å². The Kier molecular flexibility index (Phi) is 2.49. The van der Waals surface area contributed by atoms with Crippen LogP contribution in [-0.4, -0.2) is 23.1 Å². The highest BCUT2D eigenvalue weighted by molar-refractivity contribution is 5.94. The van der Waals surface area contributed by atoms with Crippen molar-refractivity contribution >= 4 is 11.9 Å². The molecule has 0 amide bonds. The van der Waals surface area contributed by atoms with Gasteiger partial charge in [-0.1, -0.05) is 13.3 Å². The molecule has 1 rings (SSSR count). The van der Waals surface area contributed by atoms with E-state index in [4.69, 9.17) is 17.3 Å². The molecule has 6 heteroatoms. The number of rotatable bonds is 2. The van der Waals surface area contributed by atoms with E-state index < -0.39 is 0 Å². The lowest BCUT2D eigenvalue weighted by molar-refractivity contribution is 0.302. The van der Waals surface area contributed by atoms with Gasteiger partial charge in [0.25, 0.3) is 0 Å². The molecule has 6 nitrogen and oxygen atoms in total. The summed E-state index contributed by atoms with van der Waals surface area (Å²) in [5.74, 6) is 6.01. The van der Waals surface area contributed by atoms with Gasteiger partial charge in [0.2, 0.25) is 11.9 Å². The van der Waals surface area contributed by atoms with E-state index in [9.17, 15) is 0 Å². The zero-order valence-corrected chi connectivity index (χ0v) is 7.07. The lowest BCUT2D eigenvalue weighted by atomic mass is 10.2. The number of nitrogens with zero attached hydrogens (tertiary/aromatic N) is 3. The standard InChI is InChI=1S/C6H14N6/c1-2-3-4-10-5(7)11-6(8)12(4)9/h4H,2-3,9H2,1H3,(H4,7,8,10,11). The Morgan fingerprint density at radius 2 is 2.17 bits per heavy atom. The molecule has 1 atom stereocenters. The topological polar surface area (TPSA) is 106 Å². The summed E-state index contributed by atoms with van der Waals surface area (Å²) in [6.45, 7) is 2.04. The highest BCUT2D eigenvalue weighted by Gasteiger charge is 2.19. The molecule has 0 bridgehead atoms. The number of nitrogens with two attached hydrogens (primary N) is 3. The molecule has 0 radical (unpaired) electrons. The quantitative estimate of drug-likeness (QED) is 0.459. The van der Waals surface area contributed by atoms with Gasteiger partial charge < -0.3 is 11.5 Å². The number of hydrogen-bond donors (Lipinski definition) is 3. The molecule has 1 aliphatic heterocycles. The average molecular weight is 170 g/mol. The largest absolute Gasteiger partial charge is 0.368 e. The van der Waals surface area contributed by atoms with Gasteiger partial charge in [0.1, 0.15) is 6.17 Å². The summed E-state index contributed by atoms with van der Waals surface area (Å²) in [7, 11) is 0. The van der Waals surface area contributed by atoms with Crippen LogP contribution in [0.4, 0.5) is 0 Å². The van der Waals surface area contributed by atoms with Crippen LogP contribution in [0.2, 0.25) is 0 Å². The SMILES string of the molecule is CCCC1N=C(N)N=C(N)N1N. The lowest BCUT2D eigenvalue weighted by Crippen LogP contribution is -2.52. The Hall–Kier alpha value is -1.30. The molecule has 0 fully saturated rings. The predicted octanol–water partition coefficient (Wildman–Crippen LogP) is -1.07. The van der Waals surface area contributed by atoms with Crippen molar-refractivity contribution in [1.29, 1.82) is 0 Å². The first kappa shape index (κ1) is 8.79. The molecule has 0 aliphatic carbocycles. The number of hydrogen-bond acceptors (Lipinski definition) is 6. The molecule has 0 spiro atoms. The van der Waals surface area contributed by atoms with Crippen molar-refractivity contribution in [2.75, 3.05) is 0 Å². The Morgan fingerprint density at radius 3 is 2.75 bits per heavy atom. The fraction of sp³-hybridized carbons (Fsp3) is 0.667. The van der Waals surface area contributed by atoms with Gasteiger partial charge in [-0.3, -0.25) is 5.01 Å². The van der Waals surface area contributed by atoms with E-state index >= 15 is 0 Å². The van der Waals surface area contributed by atoms with Gasteiger partial charge in [0, 0.05) is 0 Å². The summed E-state index contributed by atoms with van der Waals surface area (Å²) in [6, 6.07) is 0. The summed E-state index contributed by atoms with van der Waals surface area (Å²) in [4.78, 5) is 7.75. The second-order valence-corrected chi connectivity index (χ2v) is 2.63. The van der Waals surface area contributed by atoms with E-state index in [1.165, 1.54) is 5.01 Å². The van der Waals surface area contributed by atoms with Crippen LogP contribution >= 0.6 is 0 Å². The third-order valence-corrected chi connectivity index (χ3v) is 1.64. The monoisotopic (exact) mass is 170 g/mol. The van der Waals surface area contributed by atoms with Crippen LogP contribution in [-0.2, 0) is 0 Å². The van der Waals surface area contributed by atoms with Crippen LogP contribution in [0.3, 0.4) is 0 Å². The molecule has 1 aliphatic rings. The third-order valence-electron chi connectivity index (χ3n) is 1.64. The number of guanidine groups is 2. The van der Waals surface area contributed by atoms with Gasteiger partial charge in [0.05, 0.1) is 0 Å². The summed E-state index contributed by atoms with van der Waals surface area (Å²) in [5, 5.41) is 1.33. The second kappa shape index (κ2) is 3.40. The van der Waals surface area contributed by atoms with E-state index in [1.54, 1.807) is 0 Å². The fourth-order valence-electron chi connectivity index (χ4n) is 1.03. The molecule has 6 N–H and O–H groups in total. The Bertz CT molecular complexity index is 220. The molecule has 1 heterocycles. The van der Waals surface area contributed by atoms with E-state index in [-0.39, 0.29) is 18.1 Å². The molecular formula is C6H14N6. The minimum atomic E-state index is -0.160. The van der Waals surface area contributed by atoms with Crippen molar-refractivity contribution in [3.63, 3.8) is 0 Å². The zero-order chi connectivity index (χ0) is 9.14. The van der Waals surface area contributed by atoms with Crippen molar-refractivity contribution in [2.45, 2.75) is 25.9 Å². The normalized spacial score (nSPS) is 23.5. The van der Waals surface area contributed by atoms with Crippen molar-refractivity contribution in [3.8, 4) is 0 Å². The molecule has 0 aromatic heterocycles. The first-order valence-electron chi connectivity index (χ1n) is 3.86. The van der Waals surface area contributed by atoms with Crippen LogP contribution in [0.5, 0.6) is 0 Å². The van der Waals surface area contributed by atoms with E-state index in [0.717, 1.165) is 12.8 Å². The minimum Gasteiger partial charge on any atom is -0.368 e. The molecule has 0 saturated heterocycles. The number of hydrazine groups is 1. The maximum absolute atomic E-state index is 5.59. The molecule has 0 aromatic rings. The zero-order valence-electron chi connectivity index (χ0n) is 7.07. The minimum absolute atomic E-state index is 0.160. The first-order valence-corrected chi connectivity index (χ1v) is 3.86. The van der Waals surface area contributed by atoms with Gasteiger partial charge in [-0.15, -0.1) is 0 Å². The average Bonchev–Trinajstić information content (AvgIpc) is 2.00. The highest BCUT2D eigenvalue weighted by atomic mass is 15.5. The van der Waals surface area contributed by atoms with E-state index in [2.05, 4.69) is 9.98 Å². The Labute approximate surface area is 71.1 Å². The van der Waals surface area contributed by atoms with Crippen LogP contribution in [0.15, 0.2) is 9.98 Å². The summed E-state index contributed by atoms with van der Waals surface area (Å²) in [6.07, 6.45) is 1.64. The summed E-state index contributed by atoms with van der Waals surface area (Å²) >= 11 is 0. The number of aliphatic imine (C=N–C) groups is 2. The molecular weight excluding hydrogens is 156 g/mol. The highest BCUT2D eigenvalue weighted by Crippen LogP contribution is 2.07. The van der Waals surface area contributed by atoms with Gasteiger partial charge in [-0.2, -0.15) is 4.99 Å². The smallest absolute Gasteiger partial charge is 0.220 e. The Morgan fingerprint density at radius 1 is 1.50 bits per heavy atom. The van der Waals surface area contributed by atoms with Crippen LogP contribution in [0, 0.1) is 0 Å². The van der Waals surface area contributed by atoms with Crippen LogP contribution < -0.4 is 17.3 Å². The fourth-order valence-corrected chi connectivity index (χ4v) is 1.03. The van der Waals surface area contributed by atoms with Gasteiger partial charge >= 0.3 is 0 Å². The molecule has 12 heavy (non-hydrogen) atoms. The van der Waals surface area contributed by atoms with Gasteiger partial charge in [-0.25, -0.2) is 10.8 Å². The molecule has 0 aromatic carbocycles. The maximum Gasteiger partial charge on any atom is 0.220 e. The first-order chi connectivity index (χ1) is 5.65. The van der Waals surface area contributed by atoms with Gasteiger partial charge in [-0.05, 0) is 6.42 Å². The third kappa shape index (κ3) is 1.65. The predicted molar refractivity (Wildman–Crippen MR) is 48.0 cm³/mol. The van der Waals surface area contributed by atoms with Gasteiger partial charge in [0.15, 0.2) is 0 Å². The lowest BCUT2D eigenvalue weighted by Gasteiger charge is -2.27. The van der Waals surface area contributed by atoms with Crippen LogP contribution in [0.25, 0.3) is 0 Å². The second-order valence-electron chi connectivity index (χ2n) is 2.63. The van der Waals surface area contributed by atoms with Crippen molar-refractivity contribution in [2.24, 2.45) is 27.3 Å². The van der Waals surface area contributed by atoms with Crippen molar-refractivity contribution in [1.82, 2.24) is 5.01 Å². The molecule has 68 valence electrons. The maximum atomic E-state index is 5.59. The van der Waals surface area contributed by atoms with E-state index in [0.29, 0.717) is 0 Å². The Balaban J connectivity index is 2.72. The van der Waals surface area contributed by atoms with E-state index in [1.807, 2.05) is 6.92 Å². The molecule has 1 unspecified atom stereocenters. The van der Waals surface area contributed by atoms with Crippen molar-refractivity contribution in [3.05, 3.63) is 0 Å². The summed E-state index contributed by atoms with van der Waals surface area (Å²) in [5.41, 5.74) is 10.9. The molecule has 0 saturated carbocycles. The van der Waals surface area contributed by atoms with Crippen LogP contribution in [0.1, 0.15) is 19.8 Å².